The van der Waals surface area contributed by atoms with Gasteiger partial charge in [-0.05, 0) is 60.8 Å². The van der Waals surface area contributed by atoms with E-state index in [1.54, 1.807) is 11.3 Å². The number of nitrogens with two attached hydrogens (primary N) is 1. The highest BCUT2D eigenvalue weighted by Gasteiger charge is 2.60. The van der Waals surface area contributed by atoms with Crippen molar-refractivity contribution in [2.75, 3.05) is 0 Å². The minimum atomic E-state index is -0.0958. The van der Waals surface area contributed by atoms with E-state index in [2.05, 4.69) is 5.38 Å². The van der Waals surface area contributed by atoms with Crippen LogP contribution in [0, 0.1) is 23.7 Å². The zero-order valence-electron chi connectivity index (χ0n) is 9.86. The maximum absolute atomic E-state index is 6.79. The van der Waals surface area contributed by atoms with Gasteiger partial charge in [-0.2, -0.15) is 0 Å². The maximum Gasteiger partial charge on any atom is 0.0564 e. The first-order chi connectivity index (χ1) is 8.20. The first-order valence-electron chi connectivity index (χ1n) is 6.72. The van der Waals surface area contributed by atoms with Crippen molar-refractivity contribution in [3.05, 3.63) is 21.3 Å². The molecule has 1 heterocycles. The predicted molar refractivity (Wildman–Crippen MR) is 72.2 cm³/mol. The first-order valence-corrected chi connectivity index (χ1v) is 7.98. The molecule has 0 aromatic carbocycles. The molecule has 5 atom stereocenters. The van der Waals surface area contributed by atoms with Gasteiger partial charge in [0.05, 0.1) is 10.6 Å². The second-order valence-corrected chi connectivity index (χ2v) is 7.53. The van der Waals surface area contributed by atoms with E-state index in [0.717, 1.165) is 22.8 Å². The highest BCUT2D eigenvalue weighted by atomic mass is 35.5. The van der Waals surface area contributed by atoms with E-state index in [1.807, 2.05) is 6.07 Å². The summed E-state index contributed by atoms with van der Waals surface area (Å²) in [5.74, 6) is 3.49. The molecule has 0 saturated heterocycles. The summed E-state index contributed by atoms with van der Waals surface area (Å²) in [6.45, 7) is 0. The Morgan fingerprint density at radius 3 is 2.94 bits per heavy atom. The molecule has 3 saturated carbocycles. The summed E-state index contributed by atoms with van der Waals surface area (Å²) in [7, 11) is 0. The van der Waals surface area contributed by atoms with Crippen molar-refractivity contribution in [3.8, 4) is 0 Å². The lowest BCUT2D eigenvalue weighted by atomic mass is 9.71. The standard InChI is InChI=1S/C14H18ClNS/c15-12-4-5-17-13(12)14(16)7-8-6-11(14)10-3-1-2-9(8)10/h4-5,8-11H,1-3,6-7,16H2. The average molecular weight is 268 g/mol. The zero-order valence-corrected chi connectivity index (χ0v) is 11.4. The second-order valence-electron chi connectivity index (χ2n) is 6.20. The third-order valence-corrected chi connectivity index (χ3v) is 7.14. The molecule has 3 fully saturated rings. The van der Waals surface area contributed by atoms with Crippen LogP contribution in [0.3, 0.4) is 0 Å². The van der Waals surface area contributed by atoms with Crippen LogP contribution in [-0.2, 0) is 5.54 Å². The third-order valence-electron chi connectivity index (χ3n) is 5.61. The number of fused-ring (bicyclic) bond motifs is 5. The molecule has 0 aliphatic heterocycles. The lowest BCUT2D eigenvalue weighted by Crippen LogP contribution is -2.46. The molecule has 3 aliphatic rings. The molecule has 1 aromatic heterocycles. The second kappa shape index (κ2) is 3.49. The van der Waals surface area contributed by atoms with Crippen LogP contribution in [-0.4, -0.2) is 0 Å². The Morgan fingerprint density at radius 2 is 2.18 bits per heavy atom. The van der Waals surface area contributed by atoms with Gasteiger partial charge in [-0.15, -0.1) is 11.3 Å². The fourth-order valence-corrected chi connectivity index (χ4v) is 6.50. The van der Waals surface area contributed by atoms with Crippen LogP contribution in [0.25, 0.3) is 0 Å². The quantitative estimate of drug-likeness (QED) is 0.817. The zero-order chi connectivity index (χ0) is 11.6. The fourth-order valence-electron chi connectivity index (χ4n) is 5.08. The predicted octanol–water partition coefficient (Wildman–Crippen LogP) is 4.01. The van der Waals surface area contributed by atoms with Crippen molar-refractivity contribution >= 4 is 22.9 Å². The summed E-state index contributed by atoms with van der Waals surface area (Å²) >= 11 is 8.08. The summed E-state index contributed by atoms with van der Waals surface area (Å²) in [6, 6.07) is 2.01. The van der Waals surface area contributed by atoms with Crippen LogP contribution in [0.5, 0.6) is 0 Å². The number of rotatable bonds is 1. The summed E-state index contributed by atoms with van der Waals surface area (Å²) in [6.07, 6.45) is 6.84. The Hall–Kier alpha value is -0.0500. The SMILES string of the molecule is NC1(c2sccc2Cl)CC2CC1C1CCCC21. The molecule has 4 rings (SSSR count). The van der Waals surface area contributed by atoms with Gasteiger partial charge in [-0.25, -0.2) is 0 Å². The molecule has 1 nitrogen and oxygen atoms in total. The molecular weight excluding hydrogens is 250 g/mol. The molecule has 1 aromatic rings. The van der Waals surface area contributed by atoms with Crippen molar-refractivity contribution in [1.29, 1.82) is 0 Å². The van der Waals surface area contributed by atoms with Gasteiger partial charge < -0.3 is 5.73 Å². The van der Waals surface area contributed by atoms with E-state index in [1.165, 1.54) is 37.0 Å². The van der Waals surface area contributed by atoms with Crippen molar-refractivity contribution in [1.82, 2.24) is 0 Å². The van der Waals surface area contributed by atoms with Gasteiger partial charge >= 0.3 is 0 Å². The van der Waals surface area contributed by atoms with Crippen molar-refractivity contribution in [2.45, 2.75) is 37.6 Å². The van der Waals surface area contributed by atoms with E-state index >= 15 is 0 Å². The molecular formula is C14H18ClNS. The number of thiophene rings is 1. The van der Waals surface area contributed by atoms with Gasteiger partial charge in [0.15, 0.2) is 0 Å². The largest absolute Gasteiger partial charge is 0.320 e. The first kappa shape index (κ1) is 10.8. The Bertz CT molecular complexity index is 457. The Morgan fingerprint density at radius 1 is 1.35 bits per heavy atom. The van der Waals surface area contributed by atoms with Gasteiger partial charge in [0, 0.05) is 4.88 Å². The van der Waals surface area contributed by atoms with E-state index in [0.29, 0.717) is 5.92 Å². The molecule has 3 aliphatic carbocycles. The fraction of sp³-hybridized carbons (Fsp3) is 0.714. The van der Waals surface area contributed by atoms with Gasteiger partial charge in [0.2, 0.25) is 0 Å². The van der Waals surface area contributed by atoms with Crippen molar-refractivity contribution in [3.63, 3.8) is 0 Å². The molecule has 0 amide bonds. The lowest BCUT2D eigenvalue weighted by molar-refractivity contribution is 0.159. The third kappa shape index (κ3) is 1.30. The van der Waals surface area contributed by atoms with Crippen molar-refractivity contribution in [2.24, 2.45) is 29.4 Å². The average Bonchev–Trinajstić information content (AvgIpc) is 2.95. The summed E-state index contributed by atoms with van der Waals surface area (Å²) < 4.78 is 0. The monoisotopic (exact) mass is 267 g/mol. The normalized spacial score (nSPS) is 47.6. The van der Waals surface area contributed by atoms with Crippen LogP contribution < -0.4 is 5.73 Å². The van der Waals surface area contributed by atoms with Crippen molar-refractivity contribution < 1.29 is 0 Å². The smallest absolute Gasteiger partial charge is 0.0564 e. The van der Waals surface area contributed by atoms with Gasteiger partial charge in [-0.3, -0.25) is 0 Å². The highest BCUT2D eigenvalue weighted by Crippen LogP contribution is 2.65. The van der Waals surface area contributed by atoms with E-state index < -0.39 is 0 Å². The number of hydrogen-bond donors (Lipinski definition) is 1. The molecule has 2 bridgehead atoms. The van der Waals surface area contributed by atoms with Crippen LogP contribution >= 0.6 is 22.9 Å². The van der Waals surface area contributed by atoms with Crippen LogP contribution in [0.15, 0.2) is 11.4 Å². The molecule has 17 heavy (non-hydrogen) atoms. The van der Waals surface area contributed by atoms with Crippen LogP contribution in [0.1, 0.15) is 37.0 Å². The summed E-state index contributed by atoms with van der Waals surface area (Å²) in [5, 5.41) is 2.99. The summed E-state index contributed by atoms with van der Waals surface area (Å²) in [4.78, 5) is 1.26. The van der Waals surface area contributed by atoms with Gasteiger partial charge in [0.25, 0.3) is 0 Å². The number of halogens is 1. The Balaban J connectivity index is 1.75. The van der Waals surface area contributed by atoms with E-state index in [9.17, 15) is 0 Å². The lowest BCUT2D eigenvalue weighted by Gasteiger charge is -2.39. The number of hydrogen-bond acceptors (Lipinski definition) is 2. The minimum Gasteiger partial charge on any atom is -0.320 e. The molecule has 2 N–H and O–H groups in total. The Labute approximate surface area is 111 Å². The molecule has 0 radical (unpaired) electrons. The molecule has 3 heteroatoms. The molecule has 0 spiro atoms. The van der Waals surface area contributed by atoms with Gasteiger partial charge in [-0.1, -0.05) is 18.0 Å². The molecule has 92 valence electrons. The molecule has 5 unspecified atom stereocenters. The minimum absolute atomic E-state index is 0.0958. The van der Waals surface area contributed by atoms with Crippen LogP contribution in [0.2, 0.25) is 5.02 Å². The van der Waals surface area contributed by atoms with Crippen LogP contribution in [0.4, 0.5) is 0 Å². The van der Waals surface area contributed by atoms with E-state index in [-0.39, 0.29) is 5.54 Å². The van der Waals surface area contributed by atoms with E-state index in [4.69, 9.17) is 17.3 Å². The maximum atomic E-state index is 6.79. The summed E-state index contributed by atoms with van der Waals surface area (Å²) in [5.41, 5.74) is 6.70. The topological polar surface area (TPSA) is 26.0 Å². The van der Waals surface area contributed by atoms with Gasteiger partial charge in [0.1, 0.15) is 0 Å². The Kier molecular flexibility index (Phi) is 2.23. The highest BCUT2D eigenvalue weighted by molar-refractivity contribution is 7.10.